The number of carbonyl (C=O) groups is 1. The summed E-state index contributed by atoms with van der Waals surface area (Å²) in [6, 6.07) is 15.8. The van der Waals surface area contributed by atoms with Crippen LogP contribution in [0.2, 0.25) is 5.02 Å². The van der Waals surface area contributed by atoms with Crippen LogP contribution in [0.3, 0.4) is 0 Å². The molecule has 0 saturated carbocycles. The second-order valence-corrected chi connectivity index (χ2v) is 6.01. The third-order valence-electron chi connectivity index (χ3n) is 4.06. The van der Waals surface area contributed by atoms with Gasteiger partial charge in [0, 0.05) is 41.7 Å². The van der Waals surface area contributed by atoms with Crippen LogP contribution in [0.4, 0.5) is 0 Å². The van der Waals surface area contributed by atoms with E-state index in [2.05, 4.69) is 16.4 Å². The van der Waals surface area contributed by atoms with Crippen molar-refractivity contribution in [2.45, 2.75) is 5.92 Å². The Kier molecular flexibility index (Phi) is 5.18. The molecule has 3 aromatic rings. The van der Waals surface area contributed by atoms with Gasteiger partial charge < -0.3 is 15.0 Å². The summed E-state index contributed by atoms with van der Waals surface area (Å²) in [7, 11) is 1.50. The van der Waals surface area contributed by atoms with E-state index in [4.69, 9.17) is 16.3 Å². The smallest absolute Gasteiger partial charge is 0.246 e. The fourth-order valence-corrected chi connectivity index (χ4v) is 3.19. The summed E-state index contributed by atoms with van der Waals surface area (Å²) < 4.78 is 4.88. The molecule has 0 radical (unpaired) electrons. The van der Waals surface area contributed by atoms with E-state index in [0.717, 1.165) is 22.0 Å². The van der Waals surface area contributed by atoms with Gasteiger partial charge in [-0.15, -0.1) is 0 Å². The highest BCUT2D eigenvalue weighted by atomic mass is 35.5. The molecule has 3 rings (SSSR count). The third kappa shape index (κ3) is 3.45. The molecule has 1 amide bonds. The van der Waals surface area contributed by atoms with E-state index >= 15 is 0 Å². The summed E-state index contributed by atoms with van der Waals surface area (Å²) in [4.78, 5) is 15.1. The standard InChI is InChI=1S/C19H19ClN2O2/c1-24-12-19(23)22-11-15(13-6-2-4-8-17(13)20)16-10-21-18-9-5-3-7-14(16)18/h2-10,15,21H,11-12H2,1H3,(H,22,23)/t15-/m0/s1. The molecule has 24 heavy (non-hydrogen) atoms. The van der Waals surface area contributed by atoms with Crippen LogP contribution in [-0.2, 0) is 9.53 Å². The third-order valence-corrected chi connectivity index (χ3v) is 4.40. The van der Waals surface area contributed by atoms with Gasteiger partial charge in [0.15, 0.2) is 0 Å². The SMILES string of the molecule is COCC(=O)NC[C@@H](c1ccccc1Cl)c1c[nH]c2ccccc12. The minimum atomic E-state index is -0.144. The van der Waals surface area contributed by atoms with Crippen molar-refractivity contribution < 1.29 is 9.53 Å². The van der Waals surface area contributed by atoms with Gasteiger partial charge in [0.1, 0.15) is 6.61 Å². The Morgan fingerprint density at radius 2 is 1.92 bits per heavy atom. The lowest BCUT2D eigenvalue weighted by Crippen LogP contribution is -2.31. The van der Waals surface area contributed by atoms with Crippen LogP contribution in [0.25, 0.3) is 10.9 Å². The van der Waals surface area contributed by atoms with Crippen LogP contribution in [0.1, 0.15) is 17.0 Å². The Balaban J connectivity index is 1.99. The maximum absolute atomic E-state index is 11.8. The molecule has 0 aliphatic rings. The minimum absolute atomic E-state index is 0.0448. The topological polar surface area (TPSA) is 54.1 Å². The zero-order valence-corrected chi connectivity index (χ0v) is 14.1. The average molecular weight is 343 g/mol. The van der Waals surface area contributed by atoms with Crippen molar-refractivity contribution in [1.29, 1.82) is 0 Å². The molecule has 0 aliphatic carbocycles. The number of hydrogen-bond acceptors (Lipinski definition) is 2. The van der Waals surface area contributed by atoms with E-state index in [0.29, 0.717) is 11.6 Å². The molecule has 0 spiro atoms. The van der Waals surface area contributed by atoms with Crippen LogP contribution in [0.15, 0.2) is 54.7 Å². The molecule has 2 N–H and O–H groups in total. The van der Waals surface area contributed by atoms with Gasteiger partial charge in [-0.05, 0) is 23.3 Å². The number of nitrogens with one attached hydrogen (secondary N) is 2. The number of methoxy groups -OCH3 is 1. The van der Waals surface area contributed by atoms with Crippen LogP contribution < -0.4 is 5.32 Å². The van der Waals surface area contributed by atoms with Crippen molar-refractivity contribution >= 4 is 28.4 Å². The summed E-state index contributed by atoms with van der Waals surface area (Å²) in [5, 5.41) is 4.74. The Labute approximate surface area is 145 Å². The van der Waals surface area contributed by atoms with Crippen molar-refractivity contribution in [1.82, 2.24) is 10.3 Å². The molecule has 1 aromatic heterocycles. The Morgan fingerprint density at radius 3 is 2.71 bits per heavy atom. The van der Waals surface area contributed by atoms with Gasteiger partial charge in [-0.1, -0.05) is 48.0 Å². The maximum Gasteiger partial charge on any atom is 0.246 e. The van der Waals surface area contributed by atoms with Gasteiger partial charge in [-0.3, -0.25) is 4.79 Å². The largest absolute Gasteiger partial charge is 0.375 e. The second-order valence-electron chi connectivity index (χ2n) is 5.60. The first-order chi connectivity index (χ1) is 11.7. The molecule has 1 heterocycles. The summed E-state index contributed by atoms with van der Waals surface area (Å²) in [6.07, 6.45) is 1.99. The predicted octanol–water partition coefficient (Wildman–Crippen LogP) is 3.72. The van der Waals surface area contributed by atoms with Gasteiger partial charge in [0.05, 0.1) is 0 Å². The van der Waals surface area contributed by atoms with E-state index in [-0.39, 0.29) is 18.4 Å². The summed E-state index contributed by atoms with van der Waals surface area (Å²) in [5.41, 5.74) is 3.16. The molecule has 0 saturated heterocycles. The molecular formula is C19H19ClN2O2. The lowest BCUT2D eigenvalue weighted by atomic mass is 9.91. The number of ether oxygens (including phenoxy) is 1. The average Bonchev–Trinajstić information content (AvgIpc) is 3.01. The number of fused-ring (bicyclic) bond motifs is 1. The Hall–Kier alpha value is -2.30. The van der Waals surface area contributed by atoms with Crippen LogP contribution in [0.5, 0.6) is 0 Å². The molecular weight excluding hydrogens is 324 g/mol. The number of amides is 1. The molecule has 0 fully saturated rings. The van der Waals surface area contributed by atoms with Crippen molar-refractivity contribution in [3.05, 3.63) is 70.9 Å². The lowest BCUT2D eigenvalue weighted by Gasteiger charge is -2.19. The molecule has 2 aromatic carbocycles. The minimum Gasteiger partial charge on any atom is -0.375 e. The number of rotatable bonds is 6. The van der Waals surface area contributed by atoms with Gasteiger partial charge in [-0.2, -0.15) is 0 Å². The molecule has 1 atom stereocenters. The first kappa shape index (κ1) is 16.6. The summed E-state index contributed by atoms with van der Waals surface area (Å²) >= 11 is 6.42. The predicted molar refractivity (Wildman–Crippen MR) is 96.5 cm³/mol. The molecule has 0 bridgehead atoms. The van der Waals surface area contributed by atoms with Crippen LogP contribution in [0, 0.1) is 0 Å². The molecule has 4 nitrogen and oxygen atoms in total. The molecule has 0 unspecified atom stereocenters. The van der Waals surface area contributed by atoms with E-state index in [1.54, 1.807) is 0 Å². The number of H-pyrrole nitrogens is 1. The quantitative estimate of drug-likeness (QED) is 0.717. The monoisotopic (exact) mass is 342 g/mol. The normalized spacial score (nSPS) is 12.2. The number of aromatic nitrogens is 1. The van der Waals surface area contributed by atoms with Gasteiger partial charge >= 0.3 is 0 Å². The number of para-hydroxylation sites is 1. The summed E-state index contributed by atoms with van der Waals surface area (Å²) in [6.45, 7) is 0.497. The van der Waals surface area contributed by atoms with Crippen molar-refractivity contribution in [3.63, 3.8) is 0 Å². The highest BCUT2D eigenvalue weighted by molar-refractivity contribution is 6.31. The first-order valence-corrected chi connectivity index (χ1v) is 8.14. The van der Waals surface area contributed by atoms with Gasteiger partial charge in [0.2, 0.25) is 5.91 Å². The van der Waals surface area contributed by atoms with Gasteiger partial charge in [0.25, 0.3) is 0 Å². The highest BCUT2D eigenvalue weighted by Gasteiger charge is 2.21. The maximum atomic E-state index is 11.8. The van der Waals surface area contributed by atoms with Crippen molar-refractivity contribution in [2.24, 2.45) is 0 Å². The summed E-state index contributed by atoms with van der Waals surface area (Å²) in [5.74, 6) is -0.190. The lowest BCUT2D eigenvalue weighted by molar-refractivity contribution is -0.124. The second kappa shape index (κ2) is 7.51. The first-order valence-electron chi connectivity index (χ1n) is 7.76. The number of carbonyl (C=O) groups excluding carboxylic acids is 1. The fraction of sp³-hybridized carbons (Fsp3) is 0.211. The number of hydrogen-bond donors (Lipinski definition) is 2. The molecule has 124 valence electrons. The molecule has 5 heteroatoms. The number of benzene rings is 2. The fourth-order valence-electron chi connectivity index (χ4n) is 2.93. The zero-order chi connectivity index (χ0) is 16.9. The number of halogens is 1. The Bertz CT molecular complexity index is 844. The van der Waals surface area contributed by atoms with Crippen molar-refractivity contribution in [2.75, 3.05) is 20.3 Å². The highest BCUT2D eigenvalue weighted by Crippen LogP contribution is 2.33. The van der Waals surface area contributed by atoms with E-state index < -0.39 is 0 Å². The number of aromatic amines is 1. The van der Waals surface area contributed by atoms with E-state index in [1.807, 2.05) is 48.7 Å². The van der Waals surface area contributed by atoms with Crippen molar-refractivity contribution in [3.8, 4) is 0 Å². The van der Waals surface area contributed by atoms with Crippen LogP contribution >= 0.6 is 11.6 Å². The zero-order valence-electron chi connectivity index (χ0n) is 13.4. The Morgan fingerprint density at radius 1 is 1.17 bits per heavy atom. The van der Waals surface area contributed by atoms with E-state index in [1.165, 1.54) is 7.11 Å². The molecule has 0 aliphatic heterocycles. The van der Waals surface area contributed by atoms with Gasteiger partial charge in [-0.25, -0.2) is 0 Å². The van der Waals surface area contributed by atoms with Crippen LogP contribution in [-0.4, -0.2) is 31.2 Å². The van der Waals surface area contributed by atoms with E-state index in [9.17, 15) is 4.79 Å².